The summed E-state index contributed by atoms with van der Waals surface area (Å²) < 4.78 is 30.4. The van der Waals surface area contributed by atoms with Crippen molar-refractivity contribution >= 4 is 58.2 Å². The molecular weight excluding hydrogens is 482 g/mol. The lowest BCUT2D eigenvalue weighted by atomic mass is 10.1. The Morgan fingerprint density at radius 3 is 2.23 bits per heavy atom. The maximum atomic E-state index is 13.7. The van der Waals surface area contributed by atoms with Gasteiger partial charge in [0.25, 0.3) is 10.0 Å². The topological polar surface area (TPSA) is 54.5 Å². The van der Waals surface area contributed by atoms with Crippen molar-refractivity contribution in [3.05, 3.63) is 94.5 Å². The van der Waals surface area contributed by atoms with Gasteiger partial charge in [0, 0.05) is 14.6 Å². The molecule has 4 nitrogen and oxygen atoms in total. The maximum absolute atomic E-state index is 13.7. The summed E-state index contributed by atoms with van der Waals surface area (Å²) >= 11 is 4.67. The second-order valence-electron chi connectivity index (χ2n) is 6.79. The first-order valence-corrected chi connectivity index (χ1v) is 12.3. The van der Waals surface area contributed by atoms with Gasteiger partial charge < -0.3 is 0 Å². The third-order valence-electron chi connectivity index (χ3n) is 4.73. The van der Waals surface area contributed by atoms with Crippen molar-refractivity contribution in [3.8, 4) is 0 Å². The normalized spacial score (nSPS) is 11.5. The number of anilines is 1. The van der Waals surface area contributed by atoms with Crippen molar-refractivity contribution in [1.29, 1.82) is 0 Å². The summed E-state index contributed by atoms with van der Waals surface area (Å²) in [6.45, 7) is 1.61. The molecule has 0 aliphatic rings. The van der Waals surface area contributed by atoms with E-state index in [0.717, 1.165) is 20.1 Å². The van der Waals surface area contributed by atoms with Gasteiger partial charge in [-0.05, 0) is 42.8 Å². The molecule has 0 N–H and O–H groups in total. The van der Waals surface area contributed by atoms with Gasteiger partial charge in [-0.15, -0.1) is 11.3 Å². The molecule has 0 radical (unpaired) electrons. The molecule has 152 valence electrons. The van der Waals surface area contributed by atoms with Gasteiger partial charge in [-0.1, -0.05) is 64.5 Å². The molecule has 30 heavy (non-hydrogen) atoms. The standard InChI is InChI=1S/C23H18BrNO3S2/c1-16(26)22-20-9-5-6-10-21(20)29-23(22)25(15-17-7-3-2-4-8-17)30(27,28)19-13-11-18(24)12-14-19/h2-14H,15H2,1H3. The zero-order valence-corrected chi connectivity index (χ0v) is 19.3. The first-order valence-electron chi connectivity index (χ1n) is 9.22. The summed E-state index contributed by atoms with van der Waals surface area (Å²) in [4.78, 5) is 12.8. The van der Waals surface area contributed by atoms with Gasteiger partial charge in [0.2, 0.25) is 0 Å². The number of Topliss-reactive ketones (excluding diaryl/α,β-unsaturated/α-hetero) is 1. The molecule has 0 saturated carbocycles. The van der Waals surface area contributed by atoms with Gasteiger partial charge in [-0.2, -0.15) is 0 Å². The van der Waals surface area contributed by atoms with E-state index in [2.05, 4.69) is 15.9 Å². The average molecular weight is 500 g/mol. The summed E-state index contributed by atoms with van der Waals surface area (Å²) in [5.41, 5.74) is 1.28. The largest absolute Gasteiger partial charge is 0.294 e. The molecule has 0 spiro atoms. The van der Waals surface area contributed by atoms with Gasteiger partial charge in [0.05, 0.1) is 17.0 Å². The predicted octanol–water partition coefficient (Wildman–Crippen LogP) is 6.26. The second-order valence-corrected chi connectivity index (χ2v) is 10.6. The van der Waals surface area contributed by atoms with Gasteiger partial charge in [0.15, 0.2) is 5.78 Å². The van der Waals surface area contributed by atoms with Crippen LogP contribution in [0, 0.1) is 0 Å². The molecular formula is C23H18BrNO3S2. The Morgan fingerprint density at radius 1 is 0.933 bits per heavy atom. The smallest absolute Gasteiger partial charge is 0.265 e. The number of hydrogen-bond acceptors (Lipinski definition) is 4. The molecule has 0 bridgehead atoms. The van der Waals surface area contributed by atoms with Crippen LogP contribution in [0.5, 0.6) is 0 Å². The molecule has 0 saturated heterocycles. The van der Waals surface area contributed by atoms with E-state index in [1.165, 1.54) is 22.6 Å². The van der Waals surface area contributed by atoms with E-state index in [4.69, 9.17) is 0 Å². The van der Waals surface area contributed by atoms with Gasteiger partial charge >= 0.3 is 0 Å². The first kappa shape index (κ1) is 20.8. The van der Waals surface area contributed by atoms with E-state index >= 15 is 0 Å². The zero-order chi connectivity index (χ0) is 21.3. The van der Waals surface area contributed by atoms with Crippen LogP contribution in [0.2, 0.25) is 0 Å². The number of benzene rings is 3. The van der Waals surface area contributed by atoms with Crippen LogP contribution >= 0.6 is 27.3 Å². The minimum absolute atomic E-state index is 0.131. The lowest BCUT2D eigenvalue weighted by Gasteiger charge is -2.24. The van der Waals surface area contributed by atoms with E-state index in [0.29, 0.717) is 10.6 Å². The SMILES string of the molecule is CC(=O)c1c(N(Cc2ccccc2)S(=O)(=O)c2ccc(Br)cc2)sc2ccccc12. The first-order chi connectivity index (χ1) is 14.4. The summed E-state index contributed by atoms with van der Waals surface area (Å²) in [6, 6.07) is 23.4. The van der Waals surface area contributed by atoms with Crippen LogP contribution in [0.1, 0.15) is 22.8 Å². The molecule has 0 atom stereocenters. The molecule has 1 heterocycles. The fraction of sp³-hybridized carbons (Fsp3) is 0.0870. The highest BCUT2D eigenvalue weighted by Gasteiger charge is 2.30. The number of ketones is 1. The Kier molecular flexibility index (Phi) is 5.77. The lowest BCUT2D eigenvalue weighted by Crippen LogP contribution is -2.31. The number of halogens is 1. The third-order valence-corrected chi connectivity index (χ3v) is 8.32. The average Bonchev–Trinajstić information content (AvgIpc) is 3.12. The monoisotopic (exact) mass is 499 g/mol. The molecule has 0 fully saturated rings. The quantitative estimate of drug-likeness (QED) is 0.294. The van der Waals surface area contributed by atoms with Crippen LogP contribution in [0.15, 0.2) is 88.2 Å². The van der Waals surface area contributed by atoms with Crippen molar-refractivity contribution in [1.82, 2.24) is 0 Å². The Hall–Kier alpha value is -2.48. The highest BCUT2D eigenvalue weighted by atomic mass is 79.9. The van der Waals surface area contributed by atoms with Gasteiger partial charge in [0.1, 0.15) is 5.00 Å². The van der Waals surface area contributed by atoms with Crippen molar-refractivity contribution in [2.45, 2.75) is 18.4 Å². The number of sulfonamides is 1. The van der Waals surface area contributed by atoms with Crippen molar-refractivity contribution in [3.63, 3.8) is 0 Å². The maximum Gasteiger partial charge on any atom is 0.265 e. The molecule has 0 aliphatic heterocycles. The van der Waals surface area contributed by atoms with E-state index in [-0.39, 0.29) is 17.2 Å². The van der Waals surface area contributed by atoms with E-state index in [9.17, 15) is 13.2 Å². The second kappa shape index (κ2) is 8.34. The summed E-state index contributed by atoms with van der Waals surface area (Å²) in [5, 5.41) is 1.21. The number of carbonyl (C=O) groups excluding carboxylic acids is 1. The highest BCUT2D eigenvalue weighted by molar-refractivity contribution is 9.10. The van der Waals surface area contributed by atoms with E-state index < -0.39 is 10.0 Å². The Balaban J connectivity index is 1.95. The fourth-order valence-electron chi connectivity index (χ4n) is 3.30. The zero-order valence-electron chi connectivity index (χ0n) is 16.1. The summed E-state index contributed by atoms with van der Waals surface area (Å²) in [7, 11) is -3.90. The summed E-state index contributed by atoms with van der Waals surface area (Å²) in [6.07, 6.45) is 0. The Labute approximate surface area is 188 Å². The van der Waals surface area contributed by atoms with Crippen LogP contribution in [-0.4, -0.2) is 14.2 Å². The van der Waals surface area contributed by atoms with Crippen LogP contribution in [0.3, 0.4) is 0 Å². The van der Waals surface area contributed by atoms with E-state index in [1.54, 1.807) is 24.3 Å². The molecule has 0 aliphatic carbocycles. The predicted molar refractivity (Wildman–Crippen MR) is 126 cm³/mol. The number of thiophene rings is 1. The molecule has 4 aromatic rings. The lowest BCUT2D eigenvalue weighted by molar-refractivity contribution is 0.102. The van der Waals surface area contributed by atoms with Crippen molar-refractivity contribution in [2.75, 3.05) is 4.31 Å². The number of hydrogen-bond donors (Lipinski definition) is 0. The Bertz CT molecular complexity index is 1310. The minimum atomic E-state index is -3.90. The van der Waals surface area contributed by atoms with Gasteiger partial charge in [-0.25, -0.2) is 8.42 Å². The van der Waals surface area contributed by atoms with Crippen molar-refractivity contribution < 1.29 is 13.2 Å². The molecule has 4 rings (SSSR count). The number of fused-ring (bicyclic) bond motifs is 1. The summed E-state index contributed by atoms with van der Waals surface area (Å²) in [5.74, 6) is -0.161. The number of rotatable bonds is 6. The van der Waals surface area contributed by atoms with Crippen molar-refractivity contribution in [2.24, 2.45) is 0 Å². The highest BCUT2D eigenvalue weighted by Crippen LogP contribution is 2.41. The Morgan fingerprint density at radius 2 is 1.57 bits per heavy atom. The molecule has 1 aromatic heterocycles. The number of carbonyl (C=O) groups is 1. The molecule has 7 heteroatoms. The minimum Gasteiger partial charge on any atom is -0.294 e. The fourth-order valence-corrected chi connectivity index (χ4v) is 6.49. The van der Waals surface area contributed by atoms with E-state index in [1.807, 2.05) is 54.6 Å². The van der Waals surface area contributed by atoms with Crippen LogP contribution in [0.25, 0.3) is 10.1 Å². The molecule has 0 amide bonds. The number of nitrogens with zero attached hydrogens (tertiary/aromatic N) is 1. The molecule has 0 unspecified atom stereocenters. The van der Waals surface area contributed by atoms with Crippen LogP contribution in [-0.2, 0) is 16.6 Å². The third kappa shape index (κ3) is 3.93. The van der Waals surface area contributed by atoms with Crippen LogP contribution in [0.4, 0.5) is 5.00 Å². The van der Waals surface area contributed by atoms with Gasteiger partial charge in [-0.3, -0.25) is 9.10 Å². The van der Waals surface area contributed by atoms with Crippen LogP contribution < -0.4 is 4.31 Å². The molecule has 3 aromatic carbocycles.